The minimum atomic E-state index is -0.426. The number of piperidine rings is 1. The van der Waals surface area contributed by atoms with Gasteiger partial charge in [-0.3, -0.25) is 0 Å². The van der Waals surface area contributed by atoms with Crippen LogP contribution in [0.5, 0.6) is 0 Å². The summed E-state index contributed by atoms with van der Waals surface area (Å²) in [6.07, 6.45) is 3.12. The van der Waals surface area contributed by atoms with Crippen LogP contribution in [0.4, 0.5) is 4.79 Å². The third-order valence-corrected chi connectivity index (χ3v) is 3.87. The smallest absolute Gasteiger partial charge is 0.407 e. The molecule has 0 aromatic heterocycles. The average molecular weight is 328 g/mol. The number of ether oxygens (including phenoxy) is 2. The van der Waals surface area contributed by atoms with E-state index in [0.717, 1.165) is 32.7 Å². The molecule has 1 saturated heterocycles. The Balaban J connectivity index is 2.09. The number of alkyl carbamates (subject to hydrolysis) is 1. The summed E-state index contributed by atoms with van der Waals surface area (Å²) in [5.41, 5.74) is -0.476. The highest BCUT2D eigenvalue weighted by molar-refractivity contribution is 5.67. The van der Waals surface area contributed by atoms with Crippen LogP contribution in [-0.2, 0) is 9.47 Å². The van der Waals surface area contributed by atoms with Crippen LogP contribution in [0.1, 0.15) is 60.8 Å². The molecule has 1 amide bonds. The van der Waals surface area contributed by atoms with Gasteiger partial charge < -0.3 is 19.7 Å². The second-order valence-electron chi connectivity index (χ2n) is 8.46. The van der Waals surface area contributed by atoms with Crippen molar-refractivity contribution in [3.05, 3.63) is 0 Å². The van der Waals surface area contributed by atoms with Gasteiger partial charge in [0.25, 0.3) is 0 Å². The largest absolute Gasteiger partial charge is 0.444 e. The van der Waals surface area contributed by atoms with Crippen LogP contribution in [0.2, 0.25) is 0 Å². The molecular formula is C18H36N2O3. The van der Waals surface area contributed by atoms with E-state index in [-0.39, 0.29) is 11.7 Å². The molecule has 0 bridgehead atoms. The molecule has 1 fully saturated rings. The zero-order chi connectivity index (χ0) is 17.5. The number of carbonyl (C=O) groups is 1. The van der Waals surface area contributed by atoms with Crippen molar-refractivity contribution in [1.29, 1.82) is 0 Å². The SMILES string of the molecule is CC(C)(C)OCCN1CCC(CCNC(=O)OC(C)(C)C)CC1. The fourth-order valence-electron chi connectivity index (χ4n) is 2.67. The van der Waals surface area contributed by atoms with Gasteiger partial charge in [0.05, 0.1) is 12.2 Å². The predicted octanol–water partition coefficient (Wildman–Crippen LogP) is 3.43. The highest BCUT2D eigenvalue weighted by Crippen LogP contribution is 2.20. The summed E-state index contributed by atoms with van der Waals surface area (Å²) in [5, 5.41) is 2.85. The fourth-order valence-corrected chi connectivity index (χ4v) is 2.67. The maximum Gasteiger partial charge on any atom is 0.407 e. The minimum Gasteiger partial charge on any atom is -0.444 e. The quantitative estimate of drug-likeness (QED) is 0.811. The Morgan fingerprint density at radius 1 is 1.09 bits per heavy atom. The van der Waals surface area contributed by atoms with Crippen molar-refractivity contribution in [3.8, 4) is 0 Å². The van der Waals surface area contributed by atoms with Crippen molar-refractivity contribution >= 4 is 6.09 Å². The Morgan fingerprint density at radius 3 is 2.22 bits per heavy atom. The van der Waals surface area contributed by atoms with Crippen LogP contribution in [0.25, 0.3) is 0 Å². The normalized spacial score (nSPS) is 18.0. The third kappa shape index (κ3) is 10.6. The number of rotatable bonds is 6. The fraction of sp³-hybridized carbons (Fsp3) is 0.944. The Hall–Kier alpha value is -0.810. The summed E-state index contributed by atoms with van der Waals surface area (Å²) >= 11 is 0. The first-order valence-corrected chi connectivity index (χ1v) is 8.88. The lowest BCUT2D eigenvalue weighted by Crippen LogP contribution is -2.38. The lowest BCUT2D eigenvalue weighted by atomic mass is 9.93. The molecule has 0 unspecified atom stereocenters. The van der Waals surface area contributed by atoms with Gasteiger partial charge in [0.15, 0.2) is 0 Å². The van der Waals surface area contributed by atoms with Crippen LogP contribution in [0.15, 0.2) is 0 Å². The van der Waals surface area contributed by atoms with Gasteiger partial charge in [0.1, 0.15) is 5.60 Å². The topological polar surface area (TPSA) is 50.8 Å². The summed E-state index contributed by atoms with van der Waals surface area (Å²) in [6.45, 7) is 16.7. The number of nitrogens with one attached hydrogen (secondary N) is 1. The summed E-state index contributed by atoms with van der Waals surface area (Å²) in [6, 6.07) is 0. The molecular weight excluding hydrogens is 292 g/mol. The second-order valence-corrected chi connectivity index (χ2v) is 8.46. The van der Waals surface area contributed by atoms with Gasteiger partial charge in [0, 0.05) is 13.1 Å². The number of hydrogen-bond acceptors (Lipinski definition) is 4. The standard InChI is InChI=1S/C18H36N2O3/c1-17(2,3)22-14-13-20-11-8-15(9-12-20)7-10-19-16(21)23-18(4,5)6/h15H,7-14H2,1-6H3,(H,19,21). The van der Waals surface area contributed by atoms with Gasteiger partial charge in [-0.15, -0.1) is 0 Å². The zero-order valence-corrected chi connectivity index (χ0v) is 15.9. The van der Waals surface area contributed by atoms with Crippen LogP contribution < -0.4 is 5.32 Å². The Bertz CT molecular complexity index is 350. The number of carbonyl (C=O) groups excluding carboxylic acids is 1. The van der Waals surface area contributed by atoms with Crippen molar-refractivity contribution in [2.45, 2.75) is 72.0 Å². The van der Waals surface area contributed by atoms with Crippen LogP contribution in [0.3, 0.4) is 0 Å². The highest BCUT2D eigenvalue weighted by atomic mass is 16.6. The first-order chi connectivity index (χ1) is 10.6. The Labute approximate surface area is 142 Å². The van der Waals surface area contributed by atoms with Gasteiger partial charge in [-0.1, -0.05) is 0 Å². The van der Waals surface area contributed by atoms with Gasteiger partial charge in [0.2, 0.25) is 0 Å². The zero-order valence-electron chi connectivity index (χ0n) is 15.9. The summed E-state index contributed by atoms with van der Waals surface area (Å²) < 4.78 is 11.0. The van der Waals surface area contributed by atoms with E-state index < -0.39 is 5.60 Å². The molecule has 0 atom stereocenters. The molecule has 23 heavy (non-hydrogen) atoms. The molecule has 5 heteroatoms. The maximum absolute atomic E-state index is 11.6. The van der Waals surface area contributed by atoms with E-state index in [1.807, 2.05) is 20.8 Å². The monoisotopic (exact) mass is 328 g/mol. The minimum absolute atomic E-state index is 0.0499. The van der Waals surface area contributed by atoms with E-state index in [2.05, 4.69) is 31.0 Å². The number of nitrogens with zero attached hydrogens (tertiary/aromatic N) is 1. The van der Waals surface area contributed by atoms with E-state index in [1.54, 1.807) is 0 Å². The Morgan fingerprint density at radius 2 is 1.70 bits per heavy atom. The van der Waals surface area contributed by atoms with Gasteiger partial charge in [-0.2, -0.15) is 0 Å². The number of amides is 1. The molecule has 0 radical (unpaired) electrons. The number of hydrogen-bond donors (Lipinski definition) is 1. The lowest BCUT2D eigenvalue weighted by molar-refractivity contribution is -0.0163. The van der Waals surface area contributed by atoms with Crippen LogP contribution in [-0.4, -0.2) is 55.0 Å². The van der Waals surface area contributed by atoms with Crippen LogP contribution >= 0.6 is 0 Å². The molecule has 0 aliphatic carbocycles. The first kappa shape index (κ1) is 20.2. The first-order valence-electron chi connectivity index (χ1n) is 8.88. The molecule has 5 nitrogen and oxygen atoms in total. The maximum atomic E-state index is 11.6. The molecule has 0 aromatic carbocycles. The molecule has 136 valence electrons. The summed E-state index contributed by atoms with van der Waals surface area (Å²) in [5.74, 6) is 0.699. The third-order valence-electron chi connectivity index (χ3n) is 3.87. The number of likely N-dealkylation sites (tertiary alicyclic amines) is 1. The van der Waals surface area contributed by atoms with Gasteiger partial charge >= 0.3 is 6.09 Å². The predicted molar refractivity (Wildman–Crippen MR) is 93.7 cm³/mol. The van der Waals surface area contributed by atoms with E-state index >= 15 is 0 Å². The molecule has 0 aromatic rings. The second kappa shape index (κ2) is 8.88. The molecule has 1 N–H and O–H groups in total. The van der Waals surface area contributed by atoms with E-state index in [1.165, 1.54) is 12.8 Å². The van der Waals surface area contributed by atoms with Crippen molar-refractivity contribution in [3.63, 3.8) is 0 Å². The highest BCUT2D eigenvalue weighted by Gasteiger charge is 2.20. The molecule has 1 aliphatic rings. The van der Waals surface area contributed by atoms with Crippen molar-refractivity contribution in [1.82, 2.24) is 10.2 Å². The summed E-state index contributed by atoms with van der Waals surface area (Å²) in [4.78, 5) is 14.1. The van der Waals surface area contributed by atoms with Crippen molar-refractivity contribution in [2.75, 3.05) is 32.8 Å². The molecule has 1 heterocycles. The van der Waals surface area contributed by atoms with E-state index in [9.17, 15) is 4.79 Å². The Kier molecular flexibility index (Phi) is 7.81. The van der Waals surface area contributed by atoms with E-state index in [0.29, 0.717) is 12.5 Å². The van der Waals surface area contributed by atoms with Crippen molar-refractivity contribution < 1.29 is 14.3 Å². The van der Waals surface area contributed by atoms with Crippen molar-refractivity contribution in [2.24, 2.45) is 5.92 Å². The van der Waals surface area contributed by atoms with Gasteiger partial charge in [-0.25, -0.2) is 4.79 Å². The lowest BCUT2D eigenvalue weighted by Gasteiger charge is -2.32. The van der Waals surface area contributed by atoms with E-state index in [4.69, 9.17) is 9.47 Å². The summed E-state index contributed by atoms with van der Waals surface area (Å²) in [7, 11) is 0. The molecule has 0 spiro atoms. The average Bonchev–Trinajstić information content (AvgIpc) is 2.37. The molecule has 1 aliphatic heterocycles. The van der Waals surface area contributed by atoms with Crippen LogP contribution in [0, 0.1) is 5.92 Å². The molecule has 0 saturated carbocycles. The molecule has 1 rings (SSSR count). The van der Waals surface area contributed by atoms with Gasteiger partial charge in [-0.05, 0) is 79.8 Å².